The molecule has 1 saturated carbocycles. The normalized spacial score (nSPS) is 32.4. The molecule has 3 unspecified atom stereocenters. The van der Waals surface area contributed by atoms with Gasteiger partial charge in [0.05, 0.1) is 0 Å². The summed E-state index contributed by atoms with van der Waals surface area (Å²) in [6.45, 7) is 4.01. The zero-order chi connectivity index (χ0) is 12.8. The standard InChI is InChI=1S/C13H16F3N/c1-3-13(2)8(6-11(13)17)7-4-9(14)12(16)10(15)5-7/h4-5,8,11H,3,6,17H2,1-2H3. The molecule has 0 amide bonds. The van der Waals surface area contributed by atoms with Crippen molar-refractivity contribution in [3.05, 3.63) is 35.1 Å². The number of hydrogen-bond acceptors (Lipinski definition) is 1. The topological polar surface area (TPSA) is 26.0 Å². The summed E-state index contributed by atoms with van der Waals surface area (Å²) >= 11 is 0. The van der Waals surface area contributed by atoms with Crippen LogP contribution in [0.2, 0.25) is 0 Å². The van der Waals surface area contributed by atoms with Crippen LogP contribution in [-0.2, 0) is 0 Å². The minimum Gasteiger partial charge on any atom is -0.327 e. The van der Waals surface area contributed by atoms with Gasteiger partial charge in [-0.3, -0.25) is 0 Å². The Kier molecular flexibility index (Phi) is 2.94. The molecular formula is C13H16F3N. The average molecular weight is 243 g/mol. The number of halogens is 3. The van der Waals surface area contributed by atoms with E-state index >= 15 is 0 Å². The third kappa shape index (κ3) is 1.75. The molecule has 1 aromatic carbocycles. The predicted octanol–water partition coefficient (Wildman–Crippen LogP) is 3.33. The summed E-state index contributed by atoms with van der Waals surface area (Å²) in [6, 6.07) is 2.21. The van der Waals surface area contributed by atoms with Crippen molar-refractivity contribution in [2.24, 2.45) is 11.1 Å². The summed E-state index contributed by atoms with van der Waals surface area (Å²) in [5.41, 5.74) is 6.29. The number of benzene rings is 1. The minimum absolute atomic E-state index is 0.00657. The van der Waals surface area contributed by atoms with Crippen LogP contribution in [0.15, 0.2) is 12.1 Å². The molecule has 4 heteroatoms. The third-order valence-corrected chi connectivity index (χ3v) is 4.30. The molecule has 0 aliphatic heterocycles. The van der Waals surface area contributed by atoms with E-state index in [2.05, 4.69) is 0 Å². The van der Waals surface area contributed by atoms with E-state index in [-0.39, 0.29) is 17.4 Å². The first-order valence-corrected chi connectivity index (χ1v) is 5.80. The van der Waals surface area contributed by atoms with Gasteiger partial charge in [0.1, 0.15) is 0 Å². The Morgan fingerprint density at radius 1 is 1.29 bits per heavy atom. The average Bonchev–Trinajstić information content (AvgIpc) is 2.31. The first-order chi connectivity index (χ1) is 7.90. The van der Waals surface area contributed by atoms with E-state index in [1.807, 2.05) is 13.8 Å². The Hall–Kier alpha value is -1.03. The van der Waals surface area contributed by atoms with Crippen molar-refractivity contribution >= 4 is 0 Å². The number of hydrogen-bond donors (Lipinski definition) is 1. The molecule has 1 aliphatic carbocycles. The van der Waals surface area contributed by atoms with E-state index in [0.29, 0.717) is 12.0 Å². The molecule has 1 aliphatic rings. The Bertz CT molecular complexity index is 423. The van der Waals surface area contributed by atoms with Gasteiger partial charge < -0.3 is 5.73 Å². The van der Waals surface area contributed by atoms with Crippen molar-refractivity contribution in [2.45, 2.75) is 38.6 Å². The largest absolute Gasteiger partial charge is 0.327 e. The Balaban J connectivity index is 2.37. The first-order valence-electron chi connectivity index (χ1n) is 5.80. The molecule has 1 fully saturated rings. The van der Waals surface area contributed by atoms with Crippen LogP contribution in [0.1, 0.15) is 38.2 Å². The van der Waals surface area contributed by atoms with Crippen molar-refractivity contribution in [2.75, 3.05) is 0 Å². The zero-order valence-electron chi connectivity index (χ0n) is 9.93. The van der Waals surface area contributed by atoms with Crippen LogP contribution < -0.4 is 5.73 Å². The molecule has 0 heterocycles. The van der Waals surface area contributed by atoms with Crippen LogP contribution in [0, 0.1) is 22.9 Å². The maximum Gasteiger partial charge on any atom is 0.194 e. The molecule has 94 valence electrons. The van der Waals surface area contributed by atoms with E-state index in [0.717, 1.165) is 18.6 Å². The van der Waals surface area contributed by atoms with Crippen molar-refractivity contribution in [1.82, 2.24) is 0 Å². The van der Waals surface area contributed by atoms with E-state index in [9.17, 15) is 13.2 Å². The van der Waals surface area contributed by atoms with Crippen LogP contribution >= 0.6 is 0 Å². The van der Waals surface area contributed by atoms with Crippen molar-refractivity contribution in [3.63, 3.8) is 0 Å². The van der Waals surface area contributed by atoms with Crippen LogP contribution in [0.4, 0.5) is 13.2 Å². The molecule has 0 radical (unpaired) electrons. The van der Waals surface area contributed by atoms with Crippen LogP contribution in [-0.4, -0.2) is 6.04 Å². The maximum atomic E-state index is 13.2. The Morgan fingerprint density at radius 2 is 1.82 bits per heavy atom. The monoisotopic (exact) mass is 243 g/mol. The maximum absolute atomic E-state index is 13.2. The lowest BCUT2D eigenvalue weighted by Gasteiger charge is -2.52. The van der Waals surface area contributed by atoms with E-state index in [1.54, 1.807) is 0 Å². The fourth-order valence-corrected chi connectivity index (χ4v) is 2.69. The predicted molar refractivity (Wildman–Crippen MR) is 60.0 cm³/mol. The fraction of sp³-hybridized carbons (Fsp3) is 0.538. The molecule has 2 N–H and O–H groups in total. The van der Waals surface area contributed by atoms with E-state index in [1.165, 1.54) is 0 Å². The van der Waals surface area contributed by atoms with Gasteiger partial charge in [-0.2, -0.15) is 0 Å². The highest BCUT2D eigenvalue weighted by molar-refractivity contribution is 5.29. The highest BCUT2D eigenvalue weighted by Gasteiger charge is 2.49. The molecule has 0 saturated heterocycles. The van der Waals surface area contributed by atoms with Crippen molar-refractivity contribution in [3.8, 4) is 0 Å². The van der Waals surface area contributed by atoms with Gasteiger partial charge in [0, 0.05) is 6.04 Å². The lowest BCUT2D eigenvalue weighted by atomic mass is 9.54. The van der Waals surface area contributed by atoms with Gasteiger partial charge in [-0.05, 0) is 41.9 Å². The zero-order valence-corrected chi connectivity index (χ0v) is 9.93. The second-order valence-corrected chi connectivity index (χ2v) is 5.05. The lowest BCUT2D eigenvalue weighted by Crippen LogP contribution is -2.54. The van der Waals surface area contributed by atoms with Gasteiger partial charge in [0.25, 0.3) is 0 Å². The van der Waals surface area contributed by atoms with Gasteiger partial charge in [-0.25, -0.2) is 13.2 Å². The summed E-state index contributed by atoms with van der Waals surface area (Å²) in [6.07, 6.45) is 1.52. The highest BCUT2D eigenvalue weighted by atomic mass is 19.2. The molecule has 3 atom stereocenters. The Labute approximate surface area is 98.8 Å². The molecule has 0 spiro atoms. The first kappa shape index (κ1) is 12.4. The van der Waals surface area contributed by atoms with Gasteiger partial charge >= 0.3 is 0 Å². The summed E-state index contributed by atoms with van der Waals surface area (Å²) in [7, 11) is 0. The van der Waals surface area contributed by atoms with Gasteiger partial charge in [0.15, 0.2) is 17.5 Å². The molecule has 1 aromatic rings. The quantitative estimate of drug-likeness (QED) is 0.792. The molecule has 0 aromatic heterocycles. The third-order valence-electron chi connectivity index (χ3n) is 4.30. The minimum atomic E-state index is -1.41. The van der Waals surface area contributed by atoms with Crippen LogP contribution in [0.25, 0.3) is 0 Å². The second kappa shape index (κ2) is 4.02. The van der Waals surface area contributed by atoms with Crippen LogP contribution in [0.5, 0.6) is 0 Å². The Morgan fingerprint density at radius 3 is 2.24 bits per heavy atom. The molecule has 17 heavy (non-hydrogen) atoms. The molecule has 0 bridgehead atoms. The summed E-state index contributed by atoms with van der Waals surface area (Å²) in [5, 5.41) is 0. The van der Waals surface area contributed by atoms with E-state index < -0.39 is 17.5 Å². The molecular weight excluding hydrogens is 227 g/mol. The molecule has 1 nitrogen and oxygen atoms in total. The SMILES string of the molecule is CCC1(C)C(N)CC1c1cc(F)c(F)c(F)c1. The number of rotatable bonds is 2. The number of nitrogens with two attached hydrogens (primary N) is 1. The van der Waals surface area contributed by atoms with E-state index in [4.69, 9.17) is 5.73 Å². The van der Waals surface area contributed by atoms with Gasteiger partial charge in [-0.15, -0.1) is 0 Å². The summed E-state index contributed by atoms with van der Waals surface area (Å²) in [5.74, 6) is -3.65. The lowest BCUT2D eigenvalue weighted by molar-refractivity contribution is 0.0701. The van der Waals surface area contributed by atoms with Crippen LogP contribution in [0.3, 0.4) is 0 Å². The molecule has 2 rings (SSSR count). The second-order valence-electron chi connectivity index (χ2n) is 5.05. The van der Waals surface area contributed by atoms with Crippen molar-refractivity contribution < 1.29 is 13.2 Å². The summed E-state index contributed by atoms with van der Waals surface area (Å²) < 4.78 is 39.2. The summed E-state index contributed by atoms with van der Waals surface area (Å²) in [4.78, 5) is 0. The fourth-order valence-electron chi connectivity index (χ4n) is 2.69. The van der Waals surface area contributed by atoms with Gasteiger partial charge in [-0.1, -0.05) is 13.8 Å². The van der Waals surface area contributed by atoms with Crippen molar-refractivity contribution in [1.29, 1.82) is 0 Å². The highest BCUT2D eigenvalue weighted by Crippen LogP contribution is 2.54. The van der Waals surface area contributed by atoms with Gasteiger partial charge in [0.2, 0.25) is 0 Å². The smallest absolute Gasteiger partial charge is 0.194 e.